The van der Waals surface area contributed by atoms with Gasteiger partial charge in [0.05, 0.1) is 0 Å². The van der Waals surface area contributed by atoms with Crippen LogP contribution in [0, 0.1) is 0 Å². The van der Waals surface area contributed by atoms with Crippen LogP contribution in [0.4, 0.5) is 5.82 Å². The molecule has 0 saturated heterocycles. The normalized spacial score (nSPS) is 10.6. The predicted molar refractivity (Wildman–Crippen MR) is 98.9 cm³/mol. The number of anilines is 1. The van der Waals surface area contributed by atoms with Crippen LogP contribution in [-0.4, -0.2) is 41.6 Å². The lowest BCUT2D eigenvalue weighted by Crippen LogP contribution is -2.13. The topological polar surface area (TPSA) is 141 Å². The minimum Gasteiger partial charge on any atom is -0.489 e. The average molecular weight is 393 g/mol. The molecule has 11 nitrogen and oxygen atoms in total. The molecule has 0 aliphatic heterocycles. The van der Waals surface area contributed by atoms with Gasteiger partial charge in [-0.3, -0.25) is 0 Å². The SMILES string of the molecule is O=C(O)c1nonc1NCn1nnnc1-c1cccc(OCc2ccccc2)c1. The van der Waals surface area contributed by atoms with E-state index in [0.29, 0.717) is 18.2 Å². The van der Waals surface area contributed by atoms with Gasteiger partial charge in [0.1, 0.15) is 19.0 Å². The van der Waals surface area contributed by atoms with Crippen LogP contribution in [0.1, 0.15) is 16.1 Å². The number of ether oxygens (including phenoxy) is 1. The van der Waals surface area contributed by atoms with Crippen molar-refractivity contribution < 1.29 is 19.3 Å². The number of carboxylic acid groups (broad SMARTS) is 1. The molecular weight excluding hydrogens is 378 g/mol. The highest BCUT2D eigenvalue weighted by Gasteiger charge is 2.18. The number of rotatable bonds is 8. The Bertz CT molecular complexity index is 1110. The van der Waals surface area contributed by atoms with Crippen molar-refractivity contribution >= 4 is 11.8 Å². The molecule has 2 heterocycles. The minimum absolute atomic E-state index is 0.0149. The maximum Gasteiger partial charge on any atom is 0.362 e. The van der Waals surface area contributed by atoms with E-state index in [0.717, 1.165) is 11.1 Å². The van der Waals surface area contributed by atoms with Gasteiger partial charge in [0, 0.05) is 5.56 Å². The molecule has 0 bridgehead atoms. The van der Waals surface area contributed by atoms with Gasteiger partial charge in [-0.1, -0.05) is 42.5 Å². The van der Waals surface area contributed by atoms with Gasteiger partial charge in [-0.25, -0.2) is 14.1 Å². The quantitative estimate of drug-likeness (QED) is 0.457. The Morgan fingerprint density at radius 3 is 2.83 bits per heavy atom. The highest BCUT2D eigenvalue weighted by molar-refractivity contribution is 5.90. The number of carboxylic acids is 1. The number of carbonyl (C=O) groups is 1. The van der Waals surface area contributed by atoms with Crippen molar-refractivity contribution in [2.24, 2.45) is 0 Å². The number of aromatic nitrogens is 6. The molecule has 146 valence electrons. The fourth-order valence-corrected chi connectivity index (χ4v) is 2.58. The van der Waals surface area contributed by atoms with E-state index in [1.165, 1.54) is 4.68 Å². The molecule has 0 atom stereocenters. The summed E-state index contributed by atoms with van der Waals surface area (Å²) < 4.78 is 11.7. The van der Waals surface area contributed by atoms with Crippen molar-refractivity contribution in [3.63, 3.8) is 0 Å². The summed E-state index contributed by atoms with van der Waals surface area (Å²) >= 11 is 0. The zero-order valence-corrected chi connectivity index (χ0v) is 15.0. The van der Waals surface area contributed by atoms with Gasteiger partial charge in [0.25, 0.3) is 0 Å². The lowest BCUT2D eigenvalue weighted by molar-refractivity contribution is 0.0685. The third kappa shape index (κ3) is 4.18. The molecular formula is C18H15N7O4. The zero-order chi connectivity index (χ0) is 20.1. The van der Waals surface area contributed by atoms with Gasteiger partial charge in [-0.15, -0.1) is 5.10 Å². The molecule has 2 N–H and O–H groups in total. The summed E-state index contributed by atoms with van der Waals surface area (Å²) in [5.74, 6) is -0.133. The molecule has 0 fully saturated rings. The van der Waals surface area contributed by atoms with Crippen molar-refractivity contribution in [2.75, 3.05) is 5.32 Å². The molecule has 11 heteroatoms. The molecule has 0 unspecified atom stereocenters. The lowest BCUT2D eigenvalue weighted by atomic mass is 10.2. The van der Waals surface area contributed by atoms with Crippen molar-refractivity contribution in [1.82, 2.24) is 30.5 Å². The summed E-state index contributed by atoms with van der Waals surface area (Å²) in [6, 6.07) is 17.2. The Morgan fingerprint density at radius 1 is 1.14 bits per heavy atom. The van der Waals surface area contributed by atoms with Crippen LogP contribution >= 0.6 is 0 Å². The Hall–Kier alpha value is -4.28. The van der Waals surface area contributed by atoms with Crippen LogP contribution in [0.5, 0.6) is 5.75 Å². The Balaban J connectivity index is 1.47. The number of nitrogens with one attached hydrogen (secondary N) is 1. The molecule has 0 amide bonds. The van der Waals surface area contributed by atoms with Gasteiger partial charge in [0.2, 0.25) is 11.5 Å². The summed E-state index contributed by atoms with van der Waals surface area (Å²) in [5, 5.41) is 30.3. The van der Waals surface area contributed by atoms with Crippen LogP contribution in [0.2, 0.25) is 0 Å². The molecule has 4 rings (SSSR count). The van der Waals surface area contributed by atoms with Crippen molar-refractivity contribution in [1.29, 1.82) is 0 Å². The number of tetrazole rings is 1. The van der Waals surface area contributed by atoms with E-state index in [9.17, 15) is 4.79 Å². The van der Waals surface area contributed by atoms with Crippen LogP contribution in [0.25, 0.3) is 11.4 Å². The van der Waals surface area contributed by atoms with E-state index in [2.05, 4.69) is 35.8 Å². The monoisotopic (exact) mass is 393 g/mol. The van der Waals surface area contributed by atoms with E-state index < -0.39 is 5.97 Å². The van der Waals surface area contributed by atoms with Crippen LogP contribution in [0.3, 0.4) is 0 Å². The first-order valence-electron chi connectivity index (χ1n) is 8.54. The predicted octanol–water partition coefficient (Wildman–Crippen LogP) is 2.07. The van der Waals surface area contributed by atoms with Crippen LogP contribution < -0.4 is 10.1 Å². The van der Waals surface area contributed by atoms with Crippen LogP contribution in [0.15, 0.2) is 59.2 Å². The highest BCUT2D eigenvalue weighted by Crippen LogP contribution is 2.22. The fraction of sp³-hybridized carbons (Fsp3) is 0.111. The fourth-order valence-electron chi connectivity index (χ4n) is 2.58. The maximum atomic E-state index is 11.1. The summed E-state index contributed by atoms with van der Waals surface area (Å²) in [5.41, 5.74) is 1.47. The number of aromatic carboxylic acids is 1. The first-order valence-corrected chi connectivity index (χ1v) is 8.54. The molecule has 0 radical (unpaired) electrons. The molecule has 0 aliphatic rings. The largest absolute Gasteiger partial charge is 0.489 e. The zero-order valence-electron chi connectivity index (χ0n) is 15.0. The third-order valence-corrected chi connectivity index (χ3v) is 3.96. The second kappa shape index (κ2) is 8.17. The van der Waals surface area contributed by atoms with Gasteiger partial charge in [-0.05, 0) is 38.4 Å². The third-order valence-electron chi connectivity index (χ3n) is 3.96. The summed E-state index contributed by atoms with van der Waals surface area (Å²) in [6.45, 7) is 0.500. The van der Waals surface area contributed by atoms with Gasteiger partial charge in [-0.2, -0.15) is 0 Å². The standard InChI is InChI=1S/C18H15N7O4/c26-18(27)15-16(22-29-21-15)19-11-25-17(20-23-24-25)13-7-4-8-14(9-13)28-10-12-5-2-1-3-6-12/h1-9H,10-11H2,(H,19,22)(H,26,27). The van der Waals surface area contributed by atoms with Crippen molar-refractivity contribution in [3.8, 4) is 17.1 Å². The minimum atomic E-state index is -1.26. The van der Waals surface area contributed by atoms with Crippen molar-refractivity contribution in [3.05, 3.63) is 65.9 Å². The van der Waals surface area contributed by atoms with Gasteiger partial charge >= 0.3 is 5.97 Å². The van der Waals surface area contributed by atoms with E-state index in [1.807, 2.05) is 54.6 Å². The highest BCUT2D eigenvalue weighted by atomic mass is 16.6. The lowest BCUT2D eigenvalue weighted by Gasteiger charge is -2.09. The van der Waals surface area contributed by atoms with Gasteiger partial charge < -0.3 is 15.2 Å². The van der Waals surface area contributed by atoms with E-state index >= 15 is 0 Å². The Kier molecular flexibility index (Phi) is 5.10. The van der Waals surface area contributed by atoms with Crippen LogP contribution in [-0.2, 0) is 13.3 Å². The van der Waals surface area contributed by atoms with E-state index in [-0.39, 0.29) is 18.2 Å². The first kappa shape index (κ1) is 18.1. The summed E-state index contributed by atoms with van der Waals surface area (Å²) in [7, 11) is 0. The Labute approximate surface area is 163 Å². The number of benzene rings is 2. The molecule has 0 spiro atoms. The van der Waals surface area contributed by atoms with E-state index in [1.54, 1.807) is 0 Å². The molecule has 4 aromatic rings. The first-order chi connectivity index (χ1) is 14.2. The summed E-state index contributed by atoms with van der Waals surface area (Å²) in [4.78, 5) is 11.1. The van der Waals surface area contributed by atoms with Crippen molar-refractivity contribution in [2.45, 2.75) is 13.3 Å². The molecule has 2 aromatic heterocycles. The second-order valence-corrected chi connectivity index (χ2v) is 5.91. The smallest absolute Gasteiger partial charge is 0.362 e. The molecule has 0 aliphatic carbocycles. The molecule has 2 aromatic carbocycles. The number of hydrogen-bond donors (Lipinski definition) is 2. The Morgan fingerprint density at radius 2 is 2.00 bits per heavy atom. The number of hydrogen-bond acceptors (Lipinski definition) is 9. The van der Waals surface area contributed by atoms with E-state index in [4.69, 9.17) is 9.84 Å². The summed E-state index contributed by atoms with van der Waals surface area (Å²) in [6.07, 6.45) is 0. The number of nitrogens with zero attached hydrogens (tertiary/aromatic N) is 6. The average Bonchev–Trinajstić information content (AvgIpc) is 3.41. The molecule has 29 heavy (non-hydrogen) atoms. The van der Waals surface area contributed by atoms with Gasteiger partial charge in [0.15, 0.2) is 5.82 Å². The molecule has 0 saturated carbocycles. The second-order valence-electron chi connectivity index (χ2n) is 5.91. The maximum absolute atomic E-state index is 11.1.